The molecule has 3 nitrogen and oxygen atoms in total. The number of methoxy groups -OCH3 is 1. The first kappa shape index (κ1) is 12.9. The number of rotatable bonds is 4. The van der Waals surface area contributed by atoms with Gasteiger partial charge in [0, 0.05) is 5.56 Å². The Bertz CT molecular complexity index is 598. The maximum absolute atomic E-state index is 11.9. The van der Waals surface area contributed by atoms with Crippen LogP contribution in [0.4, 0.5) is 0 Å². The summed E-state index contributed by atoms with van der Waals surface area (Å²) in [6.45, 7) is 0. The fraction of sp³-hybridized carbons (Fsp3) is 0.0625. The van der Waals surface area contributed by atoms with Gasteiger partial charge < -0.3 is 9.84 Å². The van der Waals surface area contributed by atoms with E-state index in [0.717, 1.165) is 11.3 Å². The zero-order valence-electron chi connectivity index (χ0n) is 10.5. The molecule has 2 aromatic carbocycles. The van der Waals surface area contributed by atoms with E-state index in [1.165, 1.54) is 18.2 Å². The number of ketones is 1. The van der Waals surface area contributed by atoms with Crippen molar-refractivity contribution >= 4 is 11.9 Å². The van der Waals surface area contributed by atoms with Crippen LogP contribution in [0.1, 0.15) is 15.9 Å². The lowest BCUT2D eigenvalue weighted by Gasteiger charge is -1.99. The number of benzene rings is 2. The highest BCUT2D eigenvalue weighted by Crippen LogP contribution is 2.14. The van der Waals surface area contributed by atoms with Gasteiger partial charge in [-0.05, 0) is 35.9 Å². The Morgan fingerprint density at radius 3 is 2.53 bits per heavy atom. The Morgan fingerprint density at radius 2 is 1.89 bits per heavy atom. The van der Waals surface area contributed by atoms with Gasteiger partial charge in [-0.3, -0.25) is 4.79 Å². The van der Waals surface area contributed by atoms with E-state index in [2.05, 4.69) is 0 Å². The molecule has 0 aliphatic carbocycles. The maximum atomic E-state index is 11.9. The first-order chi connectivity index (χ1) is 9.19. The fourth-order valence-corrected chi connectivity index (χ4v) is 1.64. The van der Waals surface area contributed by atoms with Crippen LogP contribution in [0.3, 0.4) is 0 Å². The summed E-state index contributed by atoms with van der Waals surface area (Å²) < 4.78 is 5.06. The van der Waals surface area contributed by atoms with E-state index in [-0.39, 0.29) is 11.5 Å². The molecule has 0 heterocycles. The molecule has 0 spiro atoms. The van der Waals surface area contributed by atoms with Crippen LogP contribution in [0.15, 0.2) is 54.6 Å². The van der Waals surface area contributed by atoms with E-state index in [1.807, 2.05) is 24.3 Å². The lowest BCUT2D eigenvalue weighted by molar-refractivity contribution is 0.104. The molecule has 2 rings (SSSR count). The highest BCUT2D eigenvalue weighted by Gasteiger charge is 2.02. The predicted octanol–water partition coefficient (Wildman–Crippen LogP) is 3.30. The maximum Gasteiger partial charge on any atom is 0.185 e. The fourth-order valence-electron chi connectivity index (χ4n) is 1.64. The highest BCUT2D eigenvalue weighted by molar-refractivity contribution is 6.07. The van der Waals surface area contributed by atoms with Crippen LogP contribution in [-0.2, 0) is 0 Å². The monoisotopic (exact) mass is 254 g/mol. The Hall–Kier alpha value is -2.55. The number of hydrogen-bond donors (Lipinski definition) is 1. The van der Waals surface area contributed by atoms with Gasteiger partial charge in [0.1, 0.15) is 11.5 Å². The largest absolute Gasteiger partial charge is 0.508 e. The number of carbonyl (C=O) groups is 1. The third-order valence-corrected chi connectivity index (χ3v) is 2.67. The second-order valence-corrected chi connectivity index (χ2v) is 4.02. The third-order valence-electron chi connectivity index (χ3n) is 2.67. The smallest absolute Gasteiger partial charge is 0.185 e. The Morgan fingerprint density at radius 1 is 1.16 bits per heavy atom. The number of hydrogen-bond acceptors (Lipinski definition) is 3. The molecule has 1 N–H and O–H groups in total. The number of aromatic hydroxyl groups is 1. The topological polar surface area (TPSA) is 46.5 Å². The summed E-state index contributed by atoms with van der Waals surface area (Å²) in [6, 6.07) is 13.7. The standard InChI is InChI=1S/C16H14O3/c1-19-15-8-5-12(6-9-15)7-10-16(18)13-3-2-4-14(17)11-13/h2-11,17H,1H3/b10-7+. The van der Waals surface area contributed by atoms with Gasteiger partial charge in [0.05, 0.1) is 7.11 Å². The summed E-state index contributed by atoms with van der Waals surface area (Å²) in [7, 11) is 1.61. The molecule has 0 aromatic heterocycles. The second-order valence-electron chi connectivity index (χ2n) is 4.02. The zero-order valence-corrected chi connectivity index (χ0v) is 10.5. The molecule has 0 bridgehead atoms. The van der Waals surface area contributed by atoms with Crippen molar-refractivity contribution < 1.29 is 14.6 Å². The molecule has 0 radical (unpaired) electrons. The number of carbonyl (C=O) groups excluding carboxylic acids is 1. The minimum Gasteiger partial charge on any atom is -0.508 e. The minimum absolute atomic E-state index is 0.0868. The zero-order chi connectivity index (χ0) is 13.7. The second kappa shape index (κ2) is 5.87. The number of phenolic OH excluding ortho intramolecular Hbond substituents is 1. The summed E-state index contributed by atoms with van der Waals surface area (Å²) in [6.07, 6.45) is 3.21. The van der Waals surface area contributed by atoms with Crippen LogP contribution in [-0.4, -0.2) is 18.0 Å². The molecule has 0 saturated carbocycles. The van der Waals surface area contributed by atoms with E-state index in [4.69, 9.17) is 4.74 Å². The van der Waals surface area contributed by atoms with E-state index in [0.29, 0.717) is 5.56 Å². The number of phenols is 1. The van der Waals surface area contributed by atoms with E-state index >= 15 is 0 Å². The van der Waals surface area contributed by atoms with Gasteiger partial charge in [0.15, 0.2) is 5.78 Å². The van der Waals surface area contributed by atoms with Crippen molar-refractivity contribution in [2.45, 2.75) is 0 Å². The van der Waals surface area contributed by atoms with Gasteiger partial charge >= 0.3 is 0 Å². The molecule has 96 valence electrons. The summed E-state index contributed by atoms with van der Waals surface area (Å²) in [5.74, 6) is 0.715. The Kier molecular flexibility index (Phi) is 3.98. The van der Waals surface area contributed by atoms with Gasteiger partial charge in [0.25, 0.3) is 0 Å². The average molecular weight is 254 g/mol. The molecule has 0 atom stereocenters. The first-order valence-corrected chi connectivity index (χ1v) is 5.84. The molecule has 0 aliphatic rings. The molecule has 0 aliphatic heterocycles. The van der Waals surface area contributed by atoms with Crippen molar-refractivity contribution in [2.24, 2.45) is 0 Å². The molecule has 3 heteroatoms. The van der Waals surface area contributed by atoms with E-state index in [1.54, 1.807) is 25.3 Å². The molecule has 0 fully saturated rings. The van der Waals surface area contributed by atoms with Crippen molar-refractivity contribution in [1.29, 1.82) is 0 Å². The van der Waals surface area contributed by atoms with Crippen molar-refractivity contribution in [3.8, 4) is 11.5 Å². The minimum atomic E-state index is -0.147. The summed E-state index contributed by atoms with van der Waals surface area (Å²) in [5.41, 5.74) is 1.37. The van der Waals surface area contributed by atoms with Crippen LogP contribution in [0.2, 0.25) is 0 Å². The summed E-state index contributed by atoms with van der Waals surface area (Å²) in [5, 5.41) is 9.31. The highest BCUT2D eigenvalue weighted by atomic mass is 16.5. The van der Waals surface area contributed by atoms with Crippen LogP contribution in [0, 0.1) is 0 Å². The molecule has 0 unspecified atom stereocenters. The van der Waals surface area contributed by atoms with Crippen molar-refractivity contribution in [3.63, 3.8) is 0 Å². The molecule has 0 amide bonds. The van der Waals surface area contributed by atoms with Gasteiger partial charge in [-0.25, -0.2) is 0 Å². The quantitative estimate of drug-likeness (QED) is 0.672. The average Bonchev–Trinajstić information content (AvgIpc) is 2.45. The molecule has 19 heavy (non-hydrogen) atoms. The van der Waals surface area contributed by atoms with E-state index in [9.17, 15) is 9.90 Å². The van der Waals surface area contributed by atoms with Crippen molar-refractivity contribution in [1.82, 2.24) is 0 Å². The van der Waals surface area contributed by atoms with Crippen LogP contribution < -0.4 is 4.74 Å². The molecular formula is C16H14O3. The van der Waals surface area contributed by atoms with Gasteiger partial charge in [0.2, 0.25) is 0 Å². The normalized spacial score (nSPS) is 10.6. The Balaban J connectivity index is 2.11. The third kappa shape index (κ3) is 3.45. The lowest BCUT2D eigenvalue weighted by Crippen LogP contribution is -1.93. The predicted molar refractivity (Wildman–Crippen MR) is 74.5 cm³/mol. The lowest BCUT2D eigenvalue weighted by atomic mass is 10.1. The Labute approximate surface area is 111 Å². The van der Waals surface area contributed by atoms with Crippen LogP contribution >= 0.6 is 0 Å². The summed E-state index contributed by atoms with van der Waals surface area (Å²) >= 11 is 0. The van der Waals surface area contributed by atoms with Gasteiger partial charge in [-0.15, -0.1) is 0 Å². The SMILES string of the molecule is COc1ccc(/C=C/C(=O)c2cccc(O)c2)cc1. The molecular weight excluding hydrogens is 240 g/mol. The van der Waals surface area contributed by atoms with Crippen molar-refractivity contribution in [2.75, 3.05) is 7.11 Å². The number of allylic oxidation sites excluding steroid dienone is 1. The van der Waals surface area contributed by atoms with Crippen molar-refractivity contribution in [3.05, 3.63) is 65.7 Å². The molecule has 0 saturated heterocycles. The van der Waals surface area contributed by atoms with Crippen LogP contribution in [0.5, 0.6) is 11.5 Å². The summed E-state index contributed by atoms with van der Waals surface area (Å²) in [4.78, 5) is 11.9. The first-order valence-electron chi connectivity index (χ1n) is 5.84. The number of ether oxygens (including phenoxy) is 1. The van der Waals surface area contributed by atoms with Gasteiger partial charge in [-0.2, -0.15) is 0 Å². The van der Waals surface area contributed by atoms with Crippen LogP contribution in [0.25, 0.3) is 6.08 Å². The van der Waals surface area contributed by atoms with E-state index < -0.39 is 0 Å². The molecule has 2 aromatic rings. The van der Waals surface area contributed by atoms with Gasteiger partial charge in [-0.1, -0.05) is 30.3 Å².